The highest BCUT2D eigenvalue weighted by atomic mass is 16.5. The first-order chi connectivity index (χ1) is 14.4. The van der Waals surface area contributed by atoms with Crippen molar-refractivity contribution >= 4 is 5.91 Å². The molecule has 1 saturated heterocycles. The van der Waals surface area contributed by atoms with Crippen LogP contribution in [0.5, 0.6) is 17.2 Å². The van der Waals surface area contributed by atoms with Gasteiger partial charge in [0.15, 0.2) is 17.3 Å². The molecule has 2 aromatic heterocycles. The second-order valence-electron chi connectivity index (χ2n) is 7.24. The molecule has 0 radical (unpaired) electrons. The van der Waals surface area contributed by atoms with Crippen molar-refractivity contribution in [3.8, 4) is 17.2 Å². The standard InChI is InChI=1S/C21H26N2O7/c1-13-10-15(24)18(26)20(30-13)21(5-8-29-9-6-21)11-17(25)23-12-14-19(28-3)16(27-2)4-7-22-14/h4,7,10,26H,5-6,8-9,11-12H2,1-3H3,(H,23,25). The van der Waals surface area contributed by atoms with Crippen molar-refractivity contribution in [3.63, 3.8) is 0 Å². The van der Waals surface area contributed by atoms with E-state index in [2.05, 4.69) is 10.3 Å². The monoisotopic (exact) mass is 418 g/mol. The maximum absolute atomic E-state index is 12.8. The van der Waals surface area contributed by atoms with Crippen LogP contribution in [0.25, 0.3) is 0 Å². The predicted molar refractivity (Wildman–Crippen MR) is 107 cm³/mol. The van der Waals surface area contributed by atoms with Crippen molar-refractivity contribution < 1.29 is 28.5 Å². The first kappa shape index (κ1) is 21.6. The van der Waals surface area contributed by atoms with E-state index in [1.165, 1.54) is 20.3 Å². The molecule has 2 N–H and O–H groups in total. The number of amides is 1. The number of nitrogens with zero attached hydrogens (tertiary/aromatic N) is 1. The number of hydrogen-bond donors (Lipinski definition) is 2. The van der Waals surface area contributed by atoms with Crippen LogP contribution < -0.4 is 20.2 Å². The molecule has 9 heteroatoms. The van der Waals surface area contributed by atoms with Crippen molar-refractivity contribution in [1.29, 1.82) is 0 Å². The summed E-state index contributed by atoms with van der Waals surface area (Å²) < 4.78 is 21.8. The lowest BCUT2D eigenvalue weighted by molar-refractivity contribution is -0.123. The largest absolute Gasteiger partial charge is 0.502 e. The Kier molecular flexibility index (Phi) is 6.61. The Bertz CT molecular complexity index is 964. The third-order valence-electron chi connectivity index (χ3n) is 5.30. The van der Waals surface area contributed by atoms with Crippen LogP contribution in [0.4, 0.5) is 0 Å². The summed E-state index contributed by atoms with van der Waals surface area (Å²) in [5, 5.41) is 13.2. The van der Waals surface area contributed by atoms with E-state index in [-0.39, 0.29) is 24.6 Å². The zero-order valence-corrected chi connectivity index (χ0v) is 17.3. The van der Waals surface area contributed by atoms with Crippen LogP contribution in [0, 0.1) is 6.92 Å². The summed E-state index contributed by atoms with van der Waals surface area (Å²) in [6, 6.07) is 2.90. The summed E-state index contributed by atoms with van der Waals surface area (Å²) in [6.07, 6.45) is 2.49. The predicted octanol–water partition coefficient (Wildman–Crippen LogP) is 1.82. The van der Waals surface area contributed by atoms with Gasteiger partial charge in [-0.1, -0.05) is 0 Å². The Labute approximate surface area is 174 Å². The Balaban J connectivity index is 1.82. The number of ether oxygens (including phenoxy) is 3. The Morgan fingerprint density at radius 3 is 2.70 bits per heavy atom. The lowest BCUT2D eigenvalue weighted by Gasteiger charge is -2.35. The first-order valence-corrected chi connectivity index (χ1v) is 9.64. The van der Waals surface area contributed by atoms with E-state index in [0.29, 0.717) is 49.0 Å². The van der Waals surface area contributed by atoms with Gasteiger partial charge in [0.1, 0.15) is 11.5 Å². The van der Waals surface area contributed by atoms with E-state index in [1.807, 2.05) is 0 Å². The minimum Gasteiger partial charge on any atom is -0.502 e. The molecule has 0 atom stereocenters. The van der Waals surface area contributed by atoms with Gasteiger partial charge < -0.3 is 29.1 Å². The topological polar surface area (TPSA) is 120 Å². The number of carbonyl (C=O) groups excluding carboxylic acids is 1. The number of rotatable bonds is 7. The van der Waals surface area contributed by atoms with E-state index in [4.69, 9.17) is 18.6 Å². The molecular weight excluding hydrogens is 392 g/mol. The van der Waals surface area contributed by atoms with E-state index in [1.54, 1.807) is 19.2 Å². The summed E-state index contributed by atoms with van der Waals surface area (Å²) in [5.74, 6) is 0.762. The van der Waals surface area contributed by atoms with Crippen LogP contribution in [0.15, 0.2) is 27.5 Å². The van der Waals surface area contributed by atoms with E-state index in [9.17, 15) is 14.7 Å². The van der Waals surface area contributed by atoms with Gasteiger partial charge in [-0.05, 0) is 19.8 Å². The number of aromatic nitrogens is 1. The molecule has 1 aliphatic rings. The molecule has 1 aliphatic heterocycles. The average molecular weight is 418 g/mol. The lowest BCUT2D eigenvalue weighted by atomic mass is 9.74. The minimum absolute atomic E-state index is 0.0304. The highest BCUT2D eigenvalue weighted by Gasteiger charge is 2.42. The summed E-state index contributed by atoms with van der Waals surface area (Å²) in [6.45, 7) is 2.57. The van der Waals surface area contributed by atoms with Crippen molar-refractivity contribution in [2.45, 2.75) is 38.1 Å². The molecule has 0 aromatic carbocycles. The van der Waals surface area contributed by atoms with Crippen LogP contribution in [-0.4, -0.2) is 43.4 Å². The zero-order chi connectivity index (χ0) is 21.7. The van der Waals surface area contributed by atoms with Crippen molar-refractivity contribution in [2.24, 2.45) is 0 Å². The van der Waals surface area contributed by atoms with E-state index >= 15 is 0 Å². The third-order valence-corrected chi connectivity index (χ3v) is 5.30. The van der Waals surface area contributed by atoms with Crippen molar-refractivity contribution in [3.05, 3.63) is 45.8 Å². The van der Waals surface area contributed by atoms with Gasteiger partial charge in [0.2, 0.25) is 17.1 Å². The quantitative estimate of drug-likeness (QED) is 0.699. The fourth-order valence-electron chi connectivity index (χ4n) is 3.74. The van der Waals surface area contributed by atoms with Gasteiger partial charge in [-0.2, -0.15) is 0 Å². The van der Waals surface area contributed by atoms with Gasteiger partial charge in [0.25, 0.3) is 0 Å². The SMILES string of the molecule is COc1ccnc(CNC(=O)CC2(c3oc(C)cc(=O)c3O)CCOCC2)c1OC. The number of nitrogens with one attached hydrogen (secondary N) is 1. The first-order valence-electron chi connectivity index (χ1n) is 9.64. The maximum atomic E-state index is 12.8. The van der Waals surface area contributed by atoms with Crippen LogP contribution in [0.2, 0.25) is 0 Å². The van der Waals surface area contributed by atoms with Crippen LogP contribution >= 0.6 is 0 Å². The molecule has 0 spiro atoms. The lowest BCUT2D eigenvalue weighted by Crippen LogP contribution is -2.40. The van der Waals surface area contributed by atoms with Gasteiger partial charge >= 0.3 is 0 Å². The summed E-state index contributed by atoms with van der Waals surface area (Å²) in [4.78, 5) is 29.2. The van der Waals surface area contributed by atoms with E-state index < -0.39 is 16.6 Å². The van der Waals surface area contributed by atoms with Gasteiger partial charge in [-0.3, -0.25) is 14.6 Å². The molecule has 0 unspecified atom stereocenters. The Morgan fingerprint density at radius 2 is 2.03 bits per heavy atom. The fraction of sp³-hybridized carbons (Fsp3) is 0.476. The van der Waals surface area contributed by atoms with Crippen molar-refractivity contribution in [2.75, 3.05) is 27.4 Å². The minimum atomic E-state index is -0.830. The van der Waals surface area contributed by atoms with Crippen molar-refractivity contribution in [1.82, 2.24) is 10.3 Å². The molecule has 1 amide bonds. The van der Waals surface area contributed by atoms with Gasteiger partial charge in [-0.15, -0.1) is 0 Å². The molecule has 2 aromatic rings. The molecule has 30 heavy (non-hydrogen) atoms. The molecular formula is C21H26N2O7. The van der Waals surface area contributed by atoms with Crippen LogP contribution in [0.1, 0.15) is 36.5 Å². The molecule has 1 fully saturated rings. The number of methoxy groups -OCH3 is 2. The molecule has 162 valence electrons. The number of aryl methyl sites for hydroxylation is 1. The second kappa shape index (κ2) is 9.17. The number of hydrogen-bond acceptors (Lipinski definition) is 8. The molecule has 0 aliphatic carbocycles. The van der Waals surface area contributed by atoms with Crippen LogP contribution in [-0.2, 0) is 21.5 Å². The molecule has 0 bridgehead atoms. The molecule has 0 saturated carbocycles. The third kappa shape index (κ3) is 4.40. The fourth-order valence-corrected chi connectivity index (χ4v) is 3.74. The number of carbonyl (C=O) groups is 1. The van der Waals surface area contributed by atoms with E-state index in [0.717, 1.165) is 0 Å². The number of aromatic hydroxyl groups is 1. The Morgan fingerprint density at radius 1 is 1.30 bits per heavy atom. The number of pyridine rings is 1. The highest BCUT2D eigenvalue weighted by Crippen LogP contribution is 2.41. The summed E-state index contributed by atoms with van der Waals surface area (Å²) in [7, 11) is 3.03. The summed E-state index contributed by atoms with van der Waals surface area (Å²) in [5.41, 5.74) is -0.828. The van der Waals surface area contributed by atoms with Gasteiger partial charge in [0.05, 0.1) is 20.8 Å². The smallest absolute Gasteiger partial charge is 0.227 e. The van der Waals surface area contributed by atoms with Crippen LogP contribution in [0.3, 0.4) is 0 Å². The highest BCUT2D eigenvalue weighted by molar-refractivity contribution is 5.77. The van der Waals surface area contributed by atoms with Gasteiger partial charge in [0, 0.05) is 43.4 Å². The maximum Gasteiger partial charge on any atom is 0.227 e. The normalized spacial score (nSPS) is 15.4. The average Bonchev–Trinajstić information content (AvgIpc) is 2.74. The molecule has 3 heterocycles. The second-order valence-corrected chi connectivity index (χ2v) is 7.24. The molecule has 9 nitrogen and oxygen atoms in total. The van der Waals surface area contributed by atoms with Gasteiger partial charge in [-0.25, -0.2) is 0 Å². The zero-order valence-electron chi connectivity index (χ0n) is 17.3. The summed E-state index contributed by atoms with van der Waals surface area (Å²) >= 11 is 0. The molecule has 3 rings (SSSR count). The Hall–Kier alpha value is -3.07.